The van der Waals surface area contributed by atoms with Crippen LogP contribution in [-0.4, -0.2) is 37.1 Å². The minimum atomic E-state index is -0.602. The SMILES string of the molecule is O=C(Nc1ccc(F)c(Cl)c1)c1ccc(N2CCOCC2)c([N+](=O)[O-])c1. The first kappa shape index (κ1) is 18.1. The maximum absolute atomic E-state index is 13.2. The number of carbonyl (C=O) groups is 1. The van der Waals surface area contributed by atoms with E-state index in [2.05, 4.69) is 5.32 Å². The molecule has 0 saturated carbocycles. The molecule has 0 aromatic heterocycles. The number of hydrogen-bond acceptors (Lipinski definition) is 5. The van der Waals surface area contributed by atoms with Gasteiger partial charge < -0.3 is 15.0 Å². The van der Waals surface area contributed by atoms with E-state index < -0.39 is 16.6 Å². The number of carbonyl (C=O) groups excluding carboxylic acids is 1. The van der Waals surface area contributed by atoms with Crippen molar-refractivity contribution in [3.8, 4) is 0 Å². The van der Waals surface area contributed by atoms with Gasteiger partial charge in [0.25, 0.3) is 11.6 Å². The second-order valence-corrected chi connectivity index (χ2v) is 6.05. The van der Waals surface area contributed by atoms with Crippen LogP contribution in [0.1, 0.15) is 10.4 Å². The molecule has 26 heavy (non-hydrogen) atoms. The Morgan fingerprint density at radius 3 is 2.62 bits per heavy atom. The van der Waals surface area contributed by atoms with Gasteiger partial charge in [-0.05, 0) is 30.3 Å². The van der Waals surface area contributed by atoms with Crippen molar-refractivity contribution in [3.05, 3.63) is 62.9 Å². The molecule has 1 heterocycles. The molecule has 1 amide bonds. The van der Waals surface area contributed by atoms with E-state index in [-0.39, 0.29) is 16.3 Å². The van der Waals surface area contributed by atoms with Crippen molar-refractivity contribution in [2.45, 2.75) is 0 Å². The Labute approximate surface area is 153 Å². The smallest absolute Gasteiger partial charge is 0.293 e. The van der Waals surface area contributed by atoms with Gasteiger partial charge in [-0.1, -0.05) is 11.6 Å². The van der Waals surface area contributed by atoms with E-state index in [9.17, 15) is 19.3 Å². The first-order valence-electron chi connectivity index (χ1n) is 7.83. The molecule has 136 valence electrons. The summed E-state index contributed by atoms with van der Waals surface area (Å²) in [5.74, 6) is -1.15. The number of halogens is 2. The lowest BCUT2D eigenvalue weighted by Crippen LogP contribution is -2.36. The van der Waals surface area contributed by atoms with E-state index in [1.165, 1.54) is 24.3 Å². The van der Waals surface area contributed by atoms with Crippen molar-refractivity contribution in [2.24, 2.45) is 0 Å². The van der Waals surface area contributed by atoms with Gasteiger partial charge in [-0.2, -0.15) is 0 Å². The molecule has 1 aliphatic rings. The Bertz CT molecular complexity index is 856. The number of ether oxygens (including phenoxy) is 1. The van der Waals surface area contributed by atoms with Crippen LogP contribution in [0.15, 0.2) is 36.4 Å². The molecule has 0 atom stereocenters. The predicted molar refractivity (Wildman–Crippen MR) is 95.5 cm³/mol. The molecular formula is C17H15ClFN3O4. The highest BCUT2D eigenvalue weighted by molar-refractivity contribution is 6.31. The summed E-state index contributed by atoms with van der Waals surface area (Å²) in [5, 5.41) is 13.9. The number of nitro benzene ring substituents is 1. The van der Waals surface area contributed by atoms with E-state index in [4.69, 9.17) is 16.3 Å². The van der Waals surface area contributed by atoms with Crippen molar-refractivity contribution in [1.29, 1.82) is 0 Å². The lowest BCUT2D eigenvalue weighted by atomic mass is 10.1. The number of nitrogens with zero attached hydrogens (tertiary/aromatic N) is 2. The number of anilines is 2. The number of rotatable bonds is 4. The highest BCUT2D eigenvalue weighted by Crippen LogP contribution is 2.30. The van der Waals surface area contributed by atoms with Gasteiger partial charge in [0, 0.05) is 30.4 Å². The highest BCUT2D eigenvalue weighted by Gasteiger charge is 2.23. The summed E-state index contributed by atoms with van der Waals surface area (Å²) in [7, 11) is 0. The molecular weight excluding hydrogens is 365 g/mol. The van der Waals surface area contributed by atoms with Crippen LogP contribution < -0.4 is 10.2 Å². The van der Waals surface area contributed by atoms with Gasteiger partial charge in [-0.3, -0.25) is 14.9 Å². The topological polar surface area (TPSA) is 84.7 Å². The molecule has 2 aromatic carbocycles. The maximum Gasteiger partial charge on any atom is 0.293 e. The molecule has 3 rings (SSSR count). The molecule has 1 N–H and O–H groups in total. The zero-order chi connectivity index (χ0) is 18.7. The van der Waals surface area contributed by atoms with E-state index in [0.29, 0.717) is 37.7 Å². The number of morpholine rings is 1. The average molecular weight is 380 g/mol. The normalized spacial score (nSPS) is 14.2. The molecule has 1 fully saturated rings. The van der Waals surface area contributed by atoms with Crippen LogP contribution in [-0.2, 0) is 4.74 Å². The van der Waals surface area contributed by atoms with Crippen molar-refractivity contribution in [3.63, 3.8) is 0 Å². The van der Waals surface area contributed by atoms with Crippen LogP contribution in [0.3, 0.4) is 0 Å². The Morgan fingerprint density at radius 2 is 1.96 bits per heavy atom. The van der Waals surface area contributed by atoms with Crippen LogP contribution in [0, 0.1) is 15.9 Å². The fourth-order valence-electron chi connectivity index (χ4n) is 2.66. The molecule has 0 unspecified atom stereocenters. The summed E-state index contributed by atoms with van der Waals surface area (Å²) in [4.78, 5) is 25.1. The van der Waals surface area contributed by atoms with E-state index in [0.717, 1.165) is 6.07 Å². The Morgan fingerprint density at radius 1 is 1.23 bits per heavy atom. The van der Waals surface area contributed by atoms with Gasteiger partial charge in [0.2, 0.25) is 0 Å². The van der Waals surface area contributed by atoms with E-state index >= 15 is 0 Å². The monoisotopic (exact) mass is 379 g/mol. The fraction of sp³-hybridized carbons (Fsp3) is 0.235. The van der Waals surface area contributed by atoms with Gasteiger partial charge in [0.05, 0.1) is 23.2 Å². The first-order chi connectivity index (χ1) is 12.5. The zero-order valence-corrected chi connectivity index (χ0v) is 14.3. The third kappa shape index (κ3) is 3.92. The Kier molecular flexibility index (Phi) is 5.34. The highest BCUT2D eigenvalue weighted by atomic mass is 35.5. The van der Waals surface area contributed by atoms with Crippen LogP contribution >= 0.6 is 11.6 Å². The van der Waals surface area contributed by atoms with Crippen molar-refractivity contribution in [1.82, 2.24) is 0 Å². The number of amides is 1. The molecule has 0 aliphatic carbocycles. The molecule has 0 spiro atoms. The van der Waals surface area contributed by atoms with Crippen LogP contribution in [0.2, 0.25) is 5.02 Å². The summed E-state index contributed by atoms with van der Waals surface area (Å²) < 4.78 is 18.4. The number of benzene rings is 2. The quantitative estimate of drug-likeness (QED) is 0.649. The lowest BCUT2D eigenvalue weighted by Gasteiger charge is -2.28. The maximum atomic E-state index is 13.2. The largest absolute Gasteiger partial charge is 0.378 e. The van der Waals surface area contributed by atoms with Crippen molar-refractivity contribution >= 4 is 34.6 Å². The second-order valence-electron chi connectivity index (χ2n) is 5.64. The Hall–Kier alpha value is -2.71. The van der Waals surface area contributed by atoms with Gasteiger partial charge in [0.15, 0.2) is 0 Å². The third-order valence-electron chi connectivity index (χ3n) is 3.96. The summed E-state index contributed by atoms with van der Waals surface area (Å²) in [6.45, 7) is 2.07. The van der Waals surface area contributed by atoms with Gasteiger partial charge >= 0.3 is 0 Å². The lowest BCUT2D eigenvalue weighted by molar-refractivity contribution is -0.384. The number of hydrogen-bond donors (Lipinski definition) is 1. The summed E-state index contributed by atoms with van der Waals surface area (Å²) >= 11 is 5.69. The summed E-state index contributed by atoms with van der Waals surface area (Å²) in [6, 6.07) is 8.04. The number of nitrogens with one attached hydrogen (secondary N) is 1. The standard InChI is InChI=1S/C17H15ClFN3O4/c18-13-10-12(2-3-14(13)19)20-17(23)11-1-4-15(16(9-11)22(24)25)21-5-7-26-8-6-21/h1-4,9-10H,5-8H2,(H,20,23). The molecule has 2 aromatic rings. The third-order valence-corrected chi connectivity index (χ3v) is 4.25. The van der Waals surface area contributed by atoms with Crippen molar-refractivity contribution in [2.75, 3.05) is 36.5 Å². The molecule has 0 bridgehead atoms. The van der Waals surface area contributed by atoms with Gasteiger partial charge in [-0.15, -0.1) is 0 Å². The van der Waals surface area contributed by atoms with E-state index in [1.807, 2.05) is 4.90 Å². The summed E-state index contributed by atoms with van der Waals surface area (Å²) in [6.07, 6.45) is 0. The predicted octanol–water partition coefficient (Wildman–Crippen LogP) is 3.48. The fourth-order valence-corrected chi connectivity index (χ4v) is 2.84. The Balaban J connectivity index is 1.85. The van der Waals surface area contributed by atoms with Crippen LogP contribution in [0.5, 0.6) is 0 Å². The second kappa shape index (κ2) is 7.67. The van der Waals surface area contributed by atoms with Crippen LogP contribution in [0.4, 0.5) is 21.5 Å². The van der Waals surface area contributed by atoms with E-state index in [1.54, 1.807) is 6.07 Å². The minimum absolute atomic E-state index is 0.120. The molecule has 9 heteroatoms. The molecule has 7 nitrogen and oxygen atoms in total. The number of nitro groups is 1. The molecule has 0 radical (unpaired) electrons. The minimum Gasteiger partial charge on any atom is -0.378 e. The van der Waals surface area contributed by atoms with Gasteiger partial charge in [-0.25, -0.2) is 4.39 Å². The average Bonchev–Trinajstić information content (AvgIpc) is 2.65. The molecule has 1 aliphatic heterocycles. The van der Waals surface area contributed by atoms with Gasteiger partial charge in [0.1, 0.15) is 11.5 Å². The molecule has 1 saturated heterocycles. The first-order valence-corrected chi connectivity index (χ1v) is 8.21. The van der Waals surface area contributed by atoms with Crippen LogP contribution in [0.25, 0.3) is 0 Å². The van der Waals surface area contributed by atoms with Crippen molar-refractivity contribution < 1.29 is 18.8 Å². The zero-order valence-electron chi connectivity index (χ0n) is 13.6. The summed E-state index contributed by atoms with van der Waals surface area (Å²) in [5.41, 5.74) is 0.701.